The number of rotatable bonds is 4. The van der Waals surface area contributed by atoms with E-state index in [1.54, 1.807) is 4.57 Å². The van der Waals surface area contributed by atoms with Gasteiger partial charge >= 0.3 is 5.69 Å². The van der Waals surface area contributed by atoms with Crippen molar-refractivity contribution in [2.45, 2.75) is 25.7 Å². The SMILES string of the molecule is Cc1cc(N2CCC[C@H](c3n[nH]c(=O)n3-c3ccccc3)C2)nc(N(C)C)n1. The van der Waals surface area contributed by atoms with Gasteiger partial charge in [-0.25, -0.2) is 19.4 Å². The van der Waals surface area contributed by atoms with Gasteiger partial charge in [0.1, 0.15) is 11.6 Å². The van der Waals surface area contributed by atoms with E-state index in [1.165, 1.54) is 0 Å². The lowest BCUT2D eigenvalue weighted by molar-refractivity contribution is 0.482. The average molecular weight is 379 g/mol. The molecule has 8 heteroatoms. The molecule has 1 N–H and O–H groups in total. The third kappa shape index (κ3) is 3.49. The predicted molar refractivity (Wildman–Crippen MR) is 109 cm³/mol. The summed E-state index contributed by atoms with van der Waals surface area (Å²) in [6.07, 6.45) is 2.00. The summed E-state index contributed by atoms with van der Waals surface area (Å²) in [5.41, 5.74) is 1.57. The molecule has 28 heavy (non-hydrogen) atoms. The number of piperidine rings is 1. The standard InChI is InChI=1S/C20H25N7O/c1-14-12-17(22-19(21-14)25(2)3)26-11-7-8-15(13-26)18-23-24-20(28)27(18)16-9-5-4-6-10-16/h4-6,9-10,12,15H,7-8,11,13H2,1-3H3,(H,24,28)/t15-/m0/s1. The molecule has 1 aliphatic heterocycles. The summed E-state index contributed by atoms with van der Waals surface area (Å²) in [5, 5.41) is 6.99. The van der Waals surface area contributed by atoms with E-state index in [0.29, 0.717) is 5.95 Å². The largest absolute Gasteiger partial charge is 0.356 e. The van der Waals surface area contributed by atoms with E-state index < -0.39 is 0 Å². The molecule has 0 radical (unpaired) electrons. The van der Waals surface area contributed by atoms with Crippen LogP contribution < -0.4 is 15.5 Å². The molecule has 3 heterocycles. The van der Waals surface area contributed by atoms with Gasteiger partial charge in [0.25, 0.3) is 0 Å². The van der Waals surface area contributed by atoms with Crippen LogP contribution in [0, 0.1) is 6.92 Å². The van der Waals surface area contributed by atoms with Crippen molar-refractivity contribution in [1.82, 2.24) is 24.7 Å². The third-order valence-corrected chi connectivity index (χ3v) is 5.05. The van der Waals surface area contributed by atoms with Gasteiger partial charge in [0.15, 0.2) is 0 Å². The normalized spacial score (nSPS) is 17.0. The van der Waals surface area contributed by atoms with Crippen LogP contribution in [0.3, 0.4) is 0 Å². The Hall–Kier alpha value is -3.16. The second-order valence-electron chi connectivity index (χ2n) is 7.41. The topological polar surface area (TPSA) is 82.9 Å². The van der Waals surface area contributed by atoms with Crippen LogP contribution in [0.2, 0.25) is 0 Å². The molecule has 1 saturated heterocycles. The zero-order chi connectivity index (χ0) is 19.7. The van der Waals surface area contributed by atoms with Crippen LogP contribution in [0.1, 0.15) is 30.3 Å². The van der Waals surface area contributed by atoms with Gasteiger partial charge < -0.3 is 9.80 Å². The summed E-state index contributed by atoms with van der Waals surface area (Å²) in [4.78, 5) is 25.8. The summed E-state index contributed by atoms with van der Waals surface area (Å²) < 4.78 is 1.69. The predicted octanol–water partition coefficient (Wildman–Crippen LogP) is 2.11. The molecule has 1 atom stereocenters. The lowest BCUT2D eigenvalue weighted by Gasteiger charge is -2.33. The Labute approximate surface area is 163 Å². The number of aromatic nitrogens is 5. The van der Waals surface area contributed by atoms with E-state index in [0.717, 1.165) is 49.0 Å². The Kier molecular flexibility index (Phi) is 4.85. The van der Waals surface area contributed by atoms with Crippen LogP contribution >= 0.6 is 0 Å². The molecule has 0 unspecified atom stereocenters. The minimum atomic E-state index is -0.203. The number of nitrogens with one attached hydrogen (secondary N) is 1. The van der Waals surface area contributed by atoms with E-state index in [-0.39, 0.29) is 11.6 Å². The Morgan fingerprint density at radius 1 is 1.18 bits per heavy atom. The van der Waals surface area contributed by atoms with Gasteiger partial charge in [0, 0.05) is 44.9 Å². The highest BCUT2D eigenvalue weighted by molar-refractivity contribution is 5.46. The maximum atomic E-state index is 12.4. The number of aromatic amines is 1. The first-order valence-corrected chi connectivity index (χ1v) is 9.53. The highest BCUT2D eigenvalue weighted by atomic mass is 16.1. The lowest BCUT2D eigenvalue weighted by atomic mass is 9.97. The number of H-pyrrole nitrogens is 1. The summed E-state index contributed by atoms with van der Waals surface area (Å²) in [6, 6.07) is 11.7. The van der Waals surface area contributed by atoms with E-state index in [1.807, 2.05) is 62.3 Å². The molecule has 4 rings (SSSR count). The number of nitrogens with zero attached hydrogens (tertiary/aromatic N) is 6. The van der Waals surface area contributed by atoms with E-state index in [2.05, 4.69) is 20.1 Å². The molecular weight excluding hydrogens is 354 g/mol. The Morgan fingerprint density at radius 2 is 1.96 bits per heavy atom. The van der Waals surface area contributed by atoms with Crippen LogP contribution in [0.25, 0.3) is 5.69 Å². The number of anilines is 2. The molecule has 1 fully saturated rings. The summed E-state index contributed by atoms with van der Waals surface area (Å²) in [7, 11) is 3.89. The van der Waals surface area contributed by atoms with Crippen LogP contribution in [0.5, 0.6) is 0 Å². The van der Waals surface area contributed by atoms with Crippen molar-refractivity contribution in [2.24, 2.45) is 0 Å². The van der Waals surface area contributed by atoms with Gasteiger partial charge in [0.2, 0.25) is 5.95 Å². The fourth-order valence-corrected chi connectivity index (χ4v) is 3.70. The number of hydrogen-bond acceptors (Lipinski definition) is 6. The minimum Gasteiger partial charge on any atom is -0.356 e. The maximum absolute atomic E-state index is 12.4. The number of hydrogen-bond donors (Lipinski definition) is 1. The van der Waals surface area contributed by atoms with Crippen molar-refractivity contribution in [1.29, 1.82) is 0 Å². The first kappa shape index (κ1) is 18.2. The molecule has 146 valence electrons. The first-order chi connectivity index (χ1) is 13.5. The fourth-order valence-electron chi connectivity index (χ4n) is 3.70. The van der Waals surface area contributed by atoms with E-state index in [9.17, 15) is 4.79 Å². The molecule has 1 aliphatic rings. The first-order valence-electron chi connectivity index (χ1n) is 9.53. The van der Waals surface area contributed by atoms with Gasteiger partial charge in [-0.15, -0.1) is 0 Å². The van der Waals surface area contributed by atoms with Gasteiger partial charge in [-0.3, -0.25) is 0 Å². The Morgan fingerprint density at radius 3 is 2.71 bits per heavy atom. The molecule has 0 spiro atoms. The van der Waals surface area contributed by atoms with Gasteiger partial charge in [0.05, 0.1) is 5.69 Å². The zero-order valence-corrected chi connectivity index (χ0v) is 16.5. The minimum absolute atomic E-state index is 0.144. The third-order valence-electron chi connectivity index (χ3n) is 5.05. The second-order valence-corrected chi connectivity index (χ2v) is 7.41. The number of benzene rings is 1. The Balaban J connectivity index is 1.65. The van der Waals surface area contributed by atoms with Crippen molar-refractivity contribution in [3.63, 3.8) is 0 Å². The zero-order valence-electron chi connectivity index (χ0n) is 16.5. The lowest BCUT2D eigenvalue weighted by Crippen LogP contribution is -2.36. The maximum Gasteiger partial charge on any atom is 0.347 e. The molecule has 3 aromatic rings. The summed E-state index contributed by atoms with van der Waals surface area (Å²) in [6.45, 7) is 3.68. The smallest absolute Gasteiger partial charge is 0.347 e. The van der Waals surface area contributed by atoms with Gasteiger partial charge in [-0.2, -0.15) is 10.1 Å². The average Bonchev–Trinajstić information content (AvgIpc) is 3.09. The number of para-hydroxylation sites is 1. The molecule has 0 bridgehead atoms. The summed E-state index contributed by atoms with van der Waals surface area (Å²) in [5.74, 6) is 2.55. The van der Waals surface area contributed by atoms with Gasteiger partial charge in [-0.05, 0) is 31.9 Å². The molecule has 1 aromatic carbocycles. The highest BCUT2D eigenvalue weighted by Gasteiger charge is 2.28. The molecule has 2 aromatic heterocycles. The molecular formula is C20H25N7O. The molecule has 0 aliphatic carbocycles. The highest BCUT2D eigenvalue weighted by Crippen LogP contribution is 2.29. The summed E-state index contributed by atoms with van der Waals surface area (Å²) >= 11 is 0. The molecule has 0 saturated carbocycles. The van der Waals surface area contributed by atoms with Crippen LogP contribution in [0.4, 0.5) is 11.8 Å². The van der Waals surface area contributed by atoms with E-state index in [4.69, 9.17) is 4.98 Å². The van der Waals surface area contributed by atoms with Crippen molar-refractivity contribution in [3.05, 3.63) is 58.4 Å². The Bertz CT molecular complexity index is 1010. The quantitative estimate of drug-likeness (QED) is 0.748. The van der Waals surface area contributed by atoms with Crippen LogP contribution in [-0.4, -0.2) is 51.9 Å². The number of aryl methyl sites for hydroxylation is 1. The monoisotopic (exact) mass is 379 g/mol. The van der Waals surface area contributed by atoms with Crippen molar-refractivity contribution in [3.8, 4) is 5.69 Å². The van der Waals surface area contributed by atoms with Gasteiger partial charge in [-0.1, -0.05) is 18.2 Å². The van der Waals surface area contributed by atoms with E-state index >= 15 is 0 Å². The van der Waals surface area contributed by atoms with Crippen molar-refractivity contribution >= 4 is 11.8 Å². The fraction of sp³-hybridized carbons (Fsp3) is 0.400. The van der Waals surface area contributed by atoms with Crippen molar-refractivity contribution < 1.29 is 0 Å². The van der Waals surface area contributed by atoms with Crippen LogP contribution in [-0.2, 0) is 0 Å². The van der Waals surface area contributed by atoms with Crippen molar-refractivity contribution in [2.75, 3.05) is 37.0 Å². The molecule has 8 nitrogen and oxygen atoms in total. The molecule has 0 amide bonds. The van der Waals surface area contributed by atoms with Crippen LogP contribution in [0.15, 0.2) is 41.2 Å². The second kappa shape index (κ2) is 7.46.